The number of ether oxygens (including phenoxy) is 2. The van der Waals surface area contributed by atoms with Crippen LogP contribution < -0.4 is 0 Å². The average molecular weight is 354 g/mol. The summed E-state index contributed by atoms with van der Waals surface area (Å²) in [5, 5.41) is 0. The van der Waals surface area contributed by atoms with Crippen molar-refractivity contribution in [3.8, 4) is 0 Å². The van der Waals surface area contributed by atoms with Gasteiger partial charge in [-0.15, -0.1) is 0 Å². The molecule has 138 valence electrons. The number of hydrogen-bond acceptors (Lipinski definition) is 4. The molecule has 0 heterocycles. The van der Waals surface area contributed by atoms with E-state index < -0.39 is 18.0 Å². The second-order valence-electron chi connectivity index (χ2n) is 6.62. The van der Waals surface area contributed by atoms with Crippen LogP contribution in [0.3, 0.4) is 0 Å². The van der Waals surface area contributed by atoms with Crippen molar-refractivity contribution in [2.45, 2.75) is 39.7 Å². The van der Waals surface area contributed by atoms with Crippen LogP contribution in [-0.2, 0) is 25.5 Å². The molecule has 26 heavy (non-hydrogen) atoms. The maximum atomic E-state index is 12.5. The third-order valence-electron chi connectivity index (χ3n) is 4.78. The first-order chi connectivity index (χ1) is 12.3. The van der Waals surface area contributed by atoms with Gasteiger partial charge in [-0.25, -0.2) is 0 Å². The predicted octanol–water partition coefficient (Wildman–Crippen LogP) is 4.01. The molecule has 1 aliphatic carbocycles. The van der Waals surface area contributed by atoms with Crippen LogP contribution in [0.25, 0.3) is 0 Å². The SMILES string of the molecule is C=C1CC(OC(=O)Cc2c(C)cccc2C)C(=C)C(C(=O)OCC)C1=C. The van der Waals surface area contributed by atoms with Crippen LogP contribution in [0.2, 0.25) is 0 Å². The highest BCUT2D eigenvalue weighted by molar-refractivity contribution is 5.82. The lowest BCUT2D eigenvalue weighted by atomic mass is 9.77. The number of aryl methyl sites for hydroxylation is 2. The molecule has 1 fully saturated rings. The molecule has 0 radical (unpaired) electrons. The Hall–Kier alpha value is -2.62. The molecule has 1 saturated carbocycles. The second-order valence-corrected chi connectivity index (χ2v) is 6.62. The molecule has 2 rings (SSSR count). The highest BCUT2D eigenvalue weighted by atomic mass is 16.5. The lowest BCUT2D eigenvalue weighted by Crippen LogP contribution is -2.35. The molecule has 1 aliphatic rings. The molecule has 4 heteroatoms. The third-order valence-corrected chi connectivity index (χ3v) is 4.78. The summed E-state index contributed by atoms with van der Waals surface area (Å²) in [5.41, 5.74) is 4.81. The van der Waals surface area contributed by atoms with E-state index in [0.29, 0.717) is 23.1 Å². The van der Waals surface area contributed by atoms with E-state index in [-0.39, 0.29) is 19.0 Å². The zero-order valence-electron chi connectivity index (χ0n) is 15.8. The highest BCUT2D eigenvalue weighted by Gasteiger charge is 2.38. The van der Waals surface area contributed by atoms with E-state index in [2.05, 4.69) is 19.7 Å². The Kier molecular flexibility index (Phi) is 6.19. The van der Waals surface area contributed by atoms with Gasteiger partial charge in [-0.05, 0) is 54.2 Å². The fourth-order valence-electron chi connectivity index (χ4n) is 3.21. The van der Waals surface area contributed by atoms with E-state index in [1.165, 1.54) is 0 Å². The minimum absolute atomic E-state index is 0.180. The molecule has 0 spiro atoms. The summed E-state index contributed by atoms with van der Waals surface area (Å²) in [6, 6.07) is 5.90. The van der Waals surface area contributed by atoms with Crippen molar-refractivity contribution in [1.29, 1.82) is 0 Å². The molecular formula is C22H26O4. The van der Waals surface area contributed by atoms with E-state index in [4.69, 9.17) is 9.47 Å². The Balaban J connectivity index is 2.14. The molecule has 2 unspecified atom stereocenters. The van der Waals surface area contributed by atoms with Crippen molar-refractivity contribution in [1.82, 2.24) is 0 Å². The number of rotatable bonds is 5. The Morgan fingerprint density at radius 2 is 1.77 bits per heavy atom. The quantitative estimate of drug-likeness (QED) is 0.592. The van der Waals surface area contributed by atoms with Gasteiger partial charge in [0.1, 0.15) is 12.0 Å². The molecule has 1 aromatic rings. The standard InChI is InChI=1S/C22H26O4/c1-7-25-22(24)21-16(5)15(4)11-19(17(21)6)26-20(23)12-18-13(2)9-8-10-14(18)3/h8-10,19,21H,4-7,11-12H2,1-3H3. The lowest BCUT2D eigenvalue weighted by Gasteiger charge is -2.33. The molecule has 1 aromatic carbocycles. The van der Waals surface area contributed by atoms with Gasteiger partial charge in [0.25, 0.3) is 0 Å². The smallest absolute Gasteiger partial charge is 0.317 e. The fraction of sp³-hybridized carbons (Fsp3) is 0.364. The Labute approximate surface area is 155 Å². The zero-order chi connectivity index (χ0) is 19.4. The van der Waals surface area contributed by atoms with Gasteiger partial charge in [0.15, 0.2) is 0 Å². The number of benzene rings is 1. The number of hydrogen-bond donors (Lipinski definition) is 0. The first-order valence-electron chi connectivity index (χ1n) is 8.73. The summed E-state index contributed by atoms with van der Waals surface area (Å²) in [6.07, 6.45) is -0.0227. The van der Waals surface area contributed by atoms with Crippen molar-refractivity contribution < 1.29 is 19.1 Å². The van der Waals surface area contributed by atoms with Crippen molar-refractivity contribution in [2.24, 2.45) is 5.92 Å². The first kappa shape index (κ1) is 19.7. The maximum absolute atomic E-state index is 12.5. The first-order valence-corrected chi connectivity index (χ1v) is 8.73. The summed E-state index contributed by atoms with van der Waals surface area (Å²) in [4.78, 5) is 24.7. The summed E-state index contributed by atoms with van der Waals surface area (Å²) in [7, 11) is 0. The van der Waals surface area contributed by atoms with Gasteiger partial charge in [0, 0.05) is 6.42 Å². The average Bonchev–Trinajstić information content (AvgIpc) is 2.56. The van der Waals surface area contributed by atoms with E-state index in [9.17, 15) is 9.59 Å². The second kappa shape index (κ2) is 8.17. The summed E-state index contributed by atoms with van der Waals surface area (Å²) in [6.45, 7) is 17.8. The highest BCUT2D eigenvalue weighted by Crippen LogP contribution is 2.37. The van der Waals surface area contributed by atoms with Crippen LogP contribution in [-0.4, -0.2) is 24.6 Å². The van der Waals surface area contributed by atoms with Crippen molar-refractivity contribution in [2.75, 3.05) is 6.61 Å². The molecule has 0 N–H and O–H groups in total. The molecule has 0 saturated heterocycles. The van der Waals surface area contributed by atoms with Gasteiger partial charge in [-0.2, -0.15) is 0 Å². The monoisotopic (exact) mass is 354 g/mol. The molecule has 0 bridgehead atoms. The van der Waals surface area contributed by atoms with E-state index >= 15 is 0 Å². The van der Waals surface area contributed by atoms with Crippen molar-refractivity contribution in [3.63, 3.8) is 0 Å². The fourth-order valence-corrected chi connectivity index (χ4v) is 3.21. The van der Waals surface area contributed by atoms with Crippen molar-refractivity contribution in [3.05, 3.63) is 71.3 Å². The molecule has 4 nitrogen and oxygen atoms in total. The minimum atomic E-state index is -0.714. The largest absolute Gasteiger partial charge is 0.465 e. The topological polar surface area (TPSA) is 52.6 Å². The molecular weight excluding hydrogens is 328 g/mol. The van der Waals surface area contributed by atoms with Gasteiger partial charge in [-0.3, -0.25) is 9.59 Å². The summed E-state index contributed by atoms with van der Waals surface area (Å²) >= 11 is 0. The summed E-state index contributed by atoms with van der Waals surface area (Å²) in [5.74, 6) is -1.50. The van der Waals surface area contributed by atoms with Gasteiger partial charge < -0.3 is 9.47 Å². The molecule has 0 aromatic heterocycles. The molecule has 2 atom stereocenters. The van der Waals surface area contributed by atoms with Crippen LogP contribution in [0.1, 0.15) is 30.0 Å². The zero-order valence-corrected chi connectivity index (χ0v) is 15.8. The van der Waals surface area contributed by atoms with E-state index in [0.717, 1.165) is 16.7 Å². The number of esters is 2. The maximum Gasteiger partial charge on any atom is 0.317 e. The summed E-state index contributed by atoms with van der Waals surface area (Å²) < 4.78 is 10.8. The third kappa shape index (κ3) is 4.13. The van der Waals surface area contributed by atoms with Gasteiger partial charge >= 0.3 is 11.9 Å². The molecule has 0 aliphatic heterocycles. The van der Waals surface area contributed by atoms with Crippen molar-refractivity contribution >= 4 is 11.9 Å². The minimum Gasteiger partial charge on any atom is -0.465 e. The Morgan fingerprint density at radius 1 is 1.15 bits per heavy atom. The Morgan fingerprint density at radius 3 is 2.35 bits per heavy atom. The van der Waals surface area contributed by atoms with E-state index in [1.54, 1.807) is 6.92 Å². The van der Waals surface area contributed by atoms with Gasteiger partial charge in [-0.1, -0.05) is 37.9 Å². The predicted molar refractivity (Wildman–Crippen MR) is 102 cm³/mol. The van der Waals surface area contributed by atoms with E-state index in [1.807, 2.05) is 32.0 Å². The number of carbonyl (C=O) groups excluding carboxylic acids is 2. The lowest BCUT2D eigenvalue weighted by molar-refractivity contribution is -0.151. The van der Waals surface area contributed by atoms with Crippen LogP contribution in [0.15, 0.2) is 54.7 Å². The Bertz CT molecular complexity index is 752. The van der Waals surface area contributed by atoms with Crippen LogP contribution in [0.4, 0.5) is 0 Å². The normalized spacial score (nSPS) is 20.0. The van der Waals surface area contributed by atoms with Gasteiger partial charge in [0.05, 0.1) is 13.0 Å². The number of carbonyl (C=O) groups is 2. The van der Waals surface area contributed by atoms with Crippen LogP contribution in [0.5, 0.6) is 0 Å². The van der Waals surface area contributed by atoms with Crippen LogP contribution in [0, 0.1) is 19.8 Å². The van der Waals surface area contributed by atoms with Crippen LogP contribution >= 0.6 is 0 Å². The molecule has 0 amide bonds. The van der Waals surface area contributed by atoms with Gasteiger partial charge in [0.2, 0.25) is 0 Å².